The highest BCUT2D eigenvalue weighted by Crippen LogP contribution is 2.38. The Bertz CT molecular complexity index is 1330. The smallest absolute Gasteiger partial charge is 0.171 e. The number of aromatic nitrogens is 4. The summed E-state index contributed by atoms with van der Waals surface area (Å²) >= 11 is 2.84. The number of Topliss-reactive ketones (excluding diaryl/α,β-unsaturated/α-hetero) is 1. The van der Waals surface area contributed by atoms with Crippen LogP contribution >= 0.6 is 23.3 Å². The lowest BCUT2D eigenvalue weighted by Gasteiger charge is -2.37. The Morgan fingerprint density at radius 3 is 2.91 bits per heavy atom. The van der Waals surface area contributed by atoms with Crippen LogP contribution < -0.4 is 10.0 Å². The molecule has 10 heteroatoms. The zero-order chi connectivity index (χ0) is 22.1. The lowest BCUT2D eigenvalue weighted by molar-refractivity contribution is 0.102. The summed E-state index contributed by atoms with van der Waals surface area (Å²) in [6, 6.07) is 8.27. The second kappa shape index (κ2) is 8.70. The third kappa shape index (κ3) is 4.10. The minimum Gasteiger partial charge on any atom is -0.381 e. The van der Waals surface area contributed by atoms with Crippen molar-refractivity contribution in [3.8, 4) is 16.6 Å². The Kier molecular flexibility index (Phi) is 5.61. The Morgan fingerprint density at radius 2 is 2.12 bits per heavy atom. The molecule has 160 valence electrons. The third-order valence-electron chi connectivity index (χ3n) is 5.35. The molecule has 32 heavy (non-hydrogen) atoms. The molecule has 0 unspecified atom stereocenters. The number of ketones is 1. The second-order valence-electron chi connectivity index (χ2n) is 7.60. The van der Waals surface area contributed by atoms with Crippen LogP contribution in [-0.2, 0) is 0 Å². The third-order valence-corrected chi connectivity index (χ3v) is 7.37. The first-order chi connectivity index (χ1) is 15.6. The van der Waals surface area contributed by atoms with E-state index in [1.807, 2.05) is 18.5 Å². The standard InChI is InChI=1S/C22H19N7OS2/c1-12(30)18-11-27-22(31-18)17-10-26-21-16(3-5-25-21)20(17)28-14-7-15(8-14)29-32-19-6-13(9-23)2-4-24-19/h2-6,10-11,14-15,29H,7-8H2,1H3,(H2,25,26,28)/t14-,15+. The molecule has 1 aliphatic carbocycles. The average Bonchev–Trinajstić information content (AvgIpc) is 3.45. The molecular formula is C22H19N7OS2. The van der Waals surface area contributed by atoms with Crippen LogP contribution in [0.5, 0.6) is 0 Å². The Morgan fingerprint density at radius 1 is 1.25 bits per heavy atom. The minimum atomic E-state index is 0.0131. The van der Waals surface area contributed by atoms with Crippen molar-refractivity contribution < 1.29 is 4.79 Å². The quantitative estimate of drug-likeness (QED) is 0.274. The van der Waals surface area contributed by atoms with Gasteiger partial charge in [-0.05, 0) is 43.0 Å². The SMILES string of the molecule is CC(=O)c1cnc(-c2cnc3[nH]ccc3c2N[C@H]2C[C@@H](NSc3cc(C#N)ccn3)C2)s1. The molecule has 0 aliphatic heterocycles. The van der Waals surface area contributed by atoms with Gasteiger partial charge in [-0.1, -0.05) is 0 Å². The number of aromatic amines is 1. The number of nitrogens with one attached hydrogen (secondary N) is 3. The number of fused-ring (bicyclic) bond motifs is 1. The van der Waals surface area contributed by atoms with E-state index in [0.717, 1.165) is 45.2 Å². The van der Waals surface area contributed by atoms with Crippen molar-refractivity contribution in [3.63, 3.8) is 0 Å². The molecule has 0 amide bonds. The number of nitrogens with zero attached hydrogens (tertiary/aromatic N) is 4. The summed E-state index contributed by atoms with van der Waals surface area (Å²) < 4.78 is 3.44. The van der Waals surface area contributed by atoms with E-state index in [1.165, 1.54) is 23.3 Å². The molecule has 0 spiro atoms. The topological polar surface area (TPSA) is 119 Å². The van der Waals surface area contributed by atoms with Crippen molar-refractivity contribution >= 4 is 45.8 Å². The van der Waals surface area contributed by atoms with E-state index in [-0.39, 0.29) is 5.78 Å². The molecule has 0 atom stereocenters. The van der Waals surface area contributed by atoms with Gasteiger partial charge in [0, 0.05) is 49.2 Å². The van der Waals surface area contributed by atoms with Gasteiger partial charge in [-0.15, -0.1) is 11.3 Å². The van der Waals surface area contributed by atoms with E-state index in [4.69, 9.17) is 5.26 Å². The van der Waals surface area contributed by atoms with Crippen molar-refractivity contribution in [1.29, 1.82) is 5.26 Å². The van der Waals surface area contributed by atoms with Crippen LogP contribution in [0.2, 0.25) is 0 Å². The van der Waals surface area contributed by atoms with Gasteiger partial charge in [0.15, 0.2) is 5.78 Å². The molecule has 0 aromatic carbocycles. The summed E-state index contributed by atoms with van der Waals surface area (Å²) in [6.07, 6.45) is 8.87. The van der Waals surface area contributed by atoms with E-state index < -0.39 is 0 Å². The number of anilines is 1. The van der Waals surface area contributed by atoms with Gasteiger partial charge in [0.25, 0.3) is 0 Å². The summed E-state index contributed by atoms with van der Waals surface area (Å²) in [7, 11) is 0. The minimum absolute atomic E-state index is 0.0131. The van der Waals surface area contributed by atoms with E-state index in [1.54, 1.807) is 31.5 Å². The molecule has 4 aromatic heterocycles. The summed E-state index contributed by atoms with van der Waals surface area (Å²) in [5.74, 6) is 0.0131. The highest BCUT2D eigenvalue weighted by Gasteiger charge is 2.30. The number of thiazole rings is 1. The maximum atomic E-state index is 11.7. The molecule has 8 nitrogen and oxygen atoms in total. The maximum absolute atomic E-state index is 11.7. The maximum Gasteiger partial charge on any atom is 0.171 e. The average molecular weight is 462 g/mol. The van der Waals surface area contributed by atoms with Gasteiger partial charge in [0.05, 0.1) is 27.8 Å². The number of hydrogen-bond donors (Lipinski definition) is 3. The Balaban J connectivity index is 1.29. The van der Waals surface area contributed by atoms with E-state index in [0.29, 0.717) is 22.5 Å². The van der Waals surface area contributed by atoms with Gasteiger partial charge in [0.1, 0.15) is 15.7 Å². The molecule has 5 rings (SSSR count). The van der Waals surface area contributed by atoms with Crippen LogP contribution in [0.15, 0.2) is 48.0 Å². The molecule has 1 saturated carbocycles. The highest BCUT2D eigenvalue weighted by atomic mass is 32.2. The van der Waals surface area contributed by atoms with E-state index >= 15 is 0 Å². The van der Waals surface area contributed by atoms with Gasteiger partial charge in [-0.2, -0.15) is 5.26 Å². The van der Waals surface area contributed by atoms with Crippen LogP contribution in [-0.4, -0.2) is 37.8 Å². The predicted octanol–water partition coefficient (Wildman–Crippen LogP) is 4.40. The number of carbonyl (C=O) groups is 1. The van der Waals surface area contributed by atoms with Crippen LogP contribution in [0, 0.1) is 11.3 Å². The van der Waals surface area contributed by atoms with Gasteiger partial charge in [0.2, 0.25) is 0 Å². The number of pyridine rings is 2. The molecule has 4 aromatic rings. The van der Waals surface area contributed by atoms with Crippen molar-refractivity contribution in [2.75, 3.05) is 5.32 Å². The molecule has 0 radical (unpaired) electrons. The van der Waals surface area contributed by atoms with Gasteiger partial charge < -0.3 is 10.3 Å². The second-order valence-corrected chi connectivity index (χ2v) is 9.49. The molecule has 0 bridgehead atoms. The van der Waals surface area contributed by atoms with Crippen molar-refractivity contribution in [3.05, 3.63) is 53.4 Å². The summed E-state index contributed by atoms with van der Waals surface area (Å²) in [6.45, 7) is 1.55. The van der Waals surface area contributed by atoms with Gasteiger partial charge >= 0.3 is 0 Å². The fourth-order valence-corrected chi connectivity index (χ4v) is 5.21. The normalized spacial score (nSPS) is 17.6. The van der Waals surface area contributed by atoms with Crippen molar-refractivity contribution in [1.82, 2.24) is 24.7 Å². The first-order valence-corrected chi connectivity index (χ1v) is 11.7. The molecule has 4 heterocycles. The number of carbonyl (C=O) groups excluding carboxylic acids is 1. The lowest BCUT2D eigenvalue weighted by atomic mass is 9.87. The first-order valence-electron chi connectivity index (χ1n) is 10.1. The van der Waals surface area contributed by atoms with Gasteiger partial charge in [-0.25, -0.2) is 15.0 Å². The highest BCUT2D eigenvalue weighted by molar-refractivity contribution is 7.97. The zero-order valence-corrected chi connectivity index (χ0v) is 18.8. The Hall–Kier alpha value is -3.26. The number of H-pyrrole nitrogens is 1. The molecule has 0 saturated heterocycles. The Labute approximate surface area is 192 Å². The predicted molar refractivity (Wildman–Crippen MR) is 126 cm³/mol. The lowest BCUT2D eigenvalue weighted by Crippen LogP contribution is -2.45. The summed E-state index contributed by atoms with van der Waals surface area (Å²) in [4.78, 5) is 28.8. The summed E-state index contributed by atoms with van der Waals surface area (Å²) in [5, 5.41) is 15.3. The van der Waals surface area contributed by atoms with Crippen LogP contribution in [0.1, 0.15) is 35.0 Å². The first kappa shape index (κ1) is 20.6. The summed E-state index contributed by atoms with van der Waals surface area (Å²) in [5.41, 5.74) is 3.30. The molecule has 3 N–H and O–H groups in total. The largest absolute Gasteiger partial charge is 0.381 e. The number of nitriles is 1. The fourth-order valence-electron chi connectivity index (χ4n) is 3.60. The molecule has 1 aliphatic rings. The molecule has 1 fully saturated rings. The zero-order valence-electron chi connectivity index (χ0n) is 17.1. The number of rotatable bonds is 7. The number of hydrogen-bond acceptors (Lipinski definition) is 9. The molecular weight excluding hydrogens is 442 g/mol. The van der Waals surface area contributed by atoms with Crippen LogP contribution in [0.25, 0.3) is 21.6 Å². The van der Waals surface area contributed by atoms with Crippen molar-refractivity contribution in [2.45, 2.75) is 36.9 Å². The monoisotopic (exact) mass is 461 g/mol. The van der Waals surface area contributed by atoms with Gasteiger partial charge in [-0.3, -0.25) is 9.52 Å². The van der Waals surface area contributed by atoms with Crippen LogP contribution in [0.3, 0.4) is 0 Å². The van der Waals surface area contributed by atoms with E-state index in [9.17, 15) is 4.79 Å². The van der Waals surface area contributed by atoms with E-state index in [2.05, 4.69) is 36.0 Å². The fraction of sp³-hybridized carbons (Fsp3) is 0.227. The van der Waals surface area contributed by atoms with Crippen LogP contribution in [0.4, 0.5) is 5.69 Å². The van der Waals surface area contributed by atoms with Crippen molar-refractivity contribution in [2.24, 2.45) is 0 Å².